The van der Waals surface area contributed by atoms with Gasteiger partial charge in [0.05, 0.1) is 22.8 Å². The van der Waals surface area contributed by atoms with Gasteiger partial charge in [0.1, 0.15) is 15.7 Å². The van der Waals surface area contributed by atoms with Crippen LogP contribution in [0.25, 0.3) is 10.2 Å². The number of thiophene rings is 1. The first-order chi connectivity index (χ1) is 12.9. The first kappa shape index (κ1) is 18.4. The molecule has 6 nitrogen and oxygen atoms in total. The van der Waals surface area contributed by atoms with Crippen LogP contribution < -0.4 is 5.32 Å². The van der Waals surface area contributed by atoms with Crippen molar-refractivity contribution >= 4 is 44.9 Å². The van der Waals surface area contributed by atoms with E-state index in [9.17, 15) is 4.79 Å². The highest BCUT2D eigenvalue weighted by Gasteiger charge is 2.21. The van der Waals surface area contributed by atoms with Crippen LogP contribution in [-0.2, 0) is 24.7 Å². The molecule has 1 amide bonds. The smallest absolute Gasteiger partial charge is 0.234 e. The number of amides is 1. The molecule has 4 rings (SSSR count). The molecular formula is C19H23N5OS2. The van der Waals surface area contributed by atoms with Gasteiger partial charge in [-0.05, 0) is 52.0 Å². The van der Waals surface area contributed by atoms with Gasteiger partial charge in [0.15, 0.2) is 0 Å². The van der Waals surface area contributed by atoms with E-state index in [4.69, 9.17) is 0 Å². The molecule has 0 bridgehead atoms. The van der Waals surface area contributed by atoms with Crippen molar-refractivity contribution in [2.45, 2.75) is 51.5 Å². The Morgan fingerprint density at radius 2 is 2.00 bits per heavy atom. The molecule has 0 spiro atoms. The minimum atomic E-state index is -0.0345. The maximum atomic E-state index is 12.5. The Morgan fingerprint density at radius 3 is 2.74 bits per heavy atom. The predicted octanol–water partition coefficient (Wildman–Crippen LogP) is 3.96. The molecule has 3 heterocycles. The van der Waals surface area contributed by atoms with E-state index in [1.54, 1.807) is 16.0 Å². The van der Waals surface area contributed by atoms with Gasteiger partial charge in [0.2, 0.25) is 5.91 Å². The SMILES string of the molecule is Cc1nc(SCC(=O)Nc2c(C)nn(C)c2C)c2c3c(sc2n1)CCCC3. The minimum absolute atomic E-state index is 0.0345. The second-order valence-electron chi connectivity index (χ2n) is 6.97. The molecule has 0 saturated heterocycles. The lowest BCUT2D eigenvalue weighted by Gasteiger charge is -2.12. The number of nitrogens with zero attached hydrogens (tertiary/aromatic N) is 4. The molecule has 0 aromatic carbocycles. The van der Waals surface area contributed by atoms with Gasteiger partial charge in [-0.15, -0.1) is 11.3 Å². The van der Waals surface area contributed by atoms with E-state index in [1.165, 1.54) is 40.4 Å². The molecule has 0 aliphatic heterocycles. The van der Waals surface area contributed by atoms with Crippen LogP contribution in [0.2, 0.25) is 0 Å². The van der Waals surface area contributed by atoms with Gasteiger partial charge < -0.3 is 5.32 Å². The highest BCUT2D eigenvalue weighted by molar-refractivity contribution is 8.00. The molecule has 8 heteroatoms. The fourth-order valence-corrected chi connectivity index (χ4v) is 5.87. The maximum Gasteiger partial charge on any atom is 0.234 e. The average Bonchev–Trinajstić information content (AvgIpc) is 3.11. The predicted molar refractivity (Wildman–Crippen MR) is 111 cm³/mol. The van der Waals surface area contributed by atoms with Crippen molar-refractivity contribution in [3.8, 4) is 0 Å². The van der Waals surface area contributed by atoms with Gasteiger partial charge in [-0.3, -0.25) is 9.48 Å². The normalized spacial score (nSPS) is 13.8. The van der Waals surface area contributed by atoms with Gasteiger partial charge >= 0.3 is 0 Å². The van der Waals surface area contributed by atoms with Crippen LogP contribution in [0.5, 0.6) is 0 Å². The summed E-state index contributed by atoms with van der Waals surface area (Å²) in [6, 6.07) is 0. The zero-order chi connectivity index (χ0) is 19.1. The fraction of sp³-hybridized carbons (Fsp3) is 0.474. The maximum absolute atomic E-state index is 12.5. The highest BCUT2D eigenvalue weighted by atomic mass is 32.2. The van der Waals surface area contributed by atoms with E-state index in [1.807, 2.05) is 27.8 Å². The summed E-state index contributed by atoms with van der Waals surface area (Å²) in [5, 5.41) is 9.47. The number of aromatic nitrogens is 4. The van der Waals surface area contributed by atoms with Crippen molar-refractivity contribution in [2.24, 2.45) is 7.05 Å². The second-order valence-corrected chi connectivity index (χ2v) is 9.02. The average molecular weight is 402 g/mol. The van der Waals surface area contributed by atoms with E-state index in [2.05, 4.69) is 20.4 Å². The molecule has 142 valence electrons. The lowest BCUT2D eigenvalue weighted by Crippen LogP contribution is -2.15. The monoisotopic (exact) mass is 401 g/mol. The molecule has 27 heavy (non-hydrogen) atoms. The zero-order valence-electron chi connectivity index (χ0n) is 16.0. The van der Waals surface area contributed by atoms with E-state index >= 15 is 0 Å². The summed E-state index contributed by atoms with van der Waals surface area (Å²) in [6.07, 6.45) is 4.70. The molecule has 1 aliphatic carbocycles. The Balaban J connectivity index is 1.56. The third kappa shape index (κ3) is 3.48. The Kier molecular flexibility index (Phi) is 4.94. The highest BCUT2D eigenvalue weighted by Crippen LogP contribution is 2.39. The summed E-state index contributed by atoms with van der Waals surface area (Å²) >= 11 is 3.30. The number of carbonyl (C=O) groups excluding carboxylic acids is 1. The van der Waals surface area contributed by atoms with Crippen molar-refractivity contribution in [3.63, 3.8) is 0 Å². The number of hydrogen-bond acceptors (Lipinski definition) is 6. The lowest BCUT2D eigenvalue weighted by atomic mass is 9.97. The topological polar surface area (TPSA) is 72.7 Å². The van der Waals surface area contributed by atoms with E-state index < -0.39 is 0 Å². The fourth-order valence-electron chi connectivity index (χ4n) is 3.59. The summed E-state index contributed by atoms with van der Waals surface area (Å²) in [4.78, 5) is 24.4. The van der Waals surface area contributed by atoms with Crippen molar-refractivity contribution in [3.05, 3.63) is 27.7 Å². The van der Waals surface area contributed by atoms with Crippen LogP contribution in [-0.4, -0.2) is 31.4 Å². The first-order valence-corrected chi connectivity index (χ1v) is 11.0. The number of anilines is 1. The van der Waals surface area contributed by atoms with Crippen LogP contribution in [0, 0.1) is 20.8 Å². The first-order valence-electron chi connectivity index (χ1n) is 9.15. The number of thioether (sulfide) groups is 1. The second kappa shape index (κ2) is 7.24. The van der Waals surface area contributed by atoms with Gasteiger partial charge in [0.25, 0.3) is 0 Å². The van der Waals surface area contributed by atoms with Crippen molar-refractivity contribution < 1.29 is 4.79 Å². The molecule has 0 radical (unpaired) electrons. The van der Waals surface area contributed by atoms with Gasteiger partial charge in [-0.25, -0.2) is 9.97 Å². The molecule has 1 aliphatic rings. The van der Waals surface area contributed by atoms with Crippen LogP contribution in [0.1, 0.15) is 40.5 Å². The third-order valence-corrected chi connectivity index (χ3v) is 7.17. The van der Waals surface area contributed by atoms with Crippen molar-refractivity contribution in [2.75, 3.05) is 11.1 Å². The molecule has 0 atom stereocenters. The molecule has 3 aromatic rings. The minimum Gasteiger partial charge on any atom is -0.322 e. The third-order valence-electron chi connectivity index (χ3n) is 5.01. The summed E-state index contributed by atoms with van der Waals surface area (Å²) in [7, 11) is 1.88. The number of aryl methyl sites for hydroxylation is 5. The van der Waals surface area contributed by atoms with E-state index in [0.29, 0.717) is 5.75 Å². The molecule has 0 saturated carbocycles. The summed E-state index contributed by atoms with van der Waals surface area (Å²) in [6.45, 7) is 5.78. The Bertz CT molecular complexity index is 1040. The standard InChI is InChI=1S/C19H23N5OS2/c1-10-17(11(2)24(4)23-10)22-15(25)9-26-18-16-13-7-5-6-8-14(13)27-19(16)21-12(3)20-18/h5-9H2,1-4H3,(H,22,25). The number of hydrogen-bond donors (Lipinski definition) is 1. The van der Waals surface area contributed by atoms with Crippen molar-refractivity contribution in [1.29, 1.82) is 0 Å². The van der Waals surface area contributed by atoms with Gasteiger partial charge in [0, 0.05) is 17.3 Å². The zero-order valence-corrected chi connectivity index (χ0v) is 17.7. The van der Waals surface area contributed by atoms with Crippen LogP contribution in [0.4, 0.5) is 5.69 Å². The molecule has 0 unspecified atom stereocenters. The quantitative estimate of drug-likeness (QED) is 0.529. The molecule has 3 aromatic heterocycles. The van der Waals surface area contributed by atoms with Gasteiger partial charge in [-0.1, -0.05) is 11.8 Å². The Morgan fingerprint density at radius 1 is 1.22 bits per heavy atom. The Hall–Kier alpha value is -1.93. The summed E-state index contributed by atoms with van der Waals surface area (Å²) < 4.78 is 1.78. The van der Waals surface area contributed by atoms with E-state index in [-0.39, 0.29) is 5.91 Å². The Labute approximate surface area is 166 Å². The largest absolute Gasteiger partial charge is 0.322 e. The van der Waals surface area contributed by atoms with Crippen molar-refractivity contribution in [1.82, 2.24) is 19.7 Å². The van der Waals surface area contributed by atoms with Crippen LogP contribution in [0.15, 0.2) is 5.03 Å². The lowest BCUT2D eigenvalue weighted by molar-refractivity contribution is -0.113. The number of nitrogens with one attached hydrogen (secondary N) is 1. The number of fused-ring (bicyclic) bond motifs is 3. The molecular weight excluding hydrogens is 378 g/mol. The summed E-state index contributed by atoms with van der Waals surface area (Å²) in [5.41, 5.74) is 4.00. The van der Waals surface area contributed by atoms with Gasteiger partial charge in [-0.2, -0.15) is 5.10 Å². The molecule has 1 N–H and O–H groups in total. The van der Waals surface area contributed by atoms with Crippen LogP contribution >= 0.6 is 23.1 Å². The van der Waals surface area contributed by atoms with Crippen LogP contribution in [0.3, 0.4) is 0 Å². The number of rotatable bonds is 4. The number of carbonyl (C=O) groups is 1. The van der Waals surface area contributed by atoms with E-state index in [0.717, 1.165) is 45.6 Å². The summed E-state index contributed by atoms with van der Waals surface area (Å²) in [5.74, 6) is 1.06. The molecule has 0 fully saturated rings.